The van der Waals surface area contributed by atoms with Crippen molar-refractivity contribution in [1.82, 2.24) is 0 Å². The summed E-state index contributed by atoms with van der Waals surface area (Å²) < 4.78 is 10.2. The Labute approximate surface area is 83.6 Å². The highest BCUT2D eigenvalue weighted by Crippen LogP contribution is 1.99. The van der Waals surface area contributed by atoms with Gasteiger partial charge in [-0.15, -0.1) is 6.58 Å². The molecular weight excluding hydrogens is 188 g/mol. The first-order chi connectivity index (χ1) is 6.78. The van der Waals surface area contributed by atoms with Crippen molar-refractivity contribution in [3.8, 4) is 0 Å². The predicted molar refractivity (Wildman–Crippen MR) is 50.9 cm³/mol. The summed E-state index contributed by atoms with van der Waals surface area (Å²) in [5.41, 5.74) is 0. The van der Waals surface area contributed by atoms with Gasteiger partial charge in [0, 0.05) is 0 Å². The lowest BCUT2D eigenvalue weighted by molar-refractivity contribution is -0.104. The molecular formula is C9H18O5. The van der Waals surface area contributed by atoms with Crippen LogP contribution in [-0.2, 0) is 9.47 Å². The second-order valence-corrected chi connectivity index (χ2v) is 2.75. The molecule has 0 aromatic carbocycles. The van der Waals surface area contributed by atoms with E-state index >= 15 is 0 Å². The molecule has 0 amide bonds. The van der Waals surface area contributed by atoms with E-state index in [0.29, 0.717) is 6.61 Å². The van der Waals surface area contributed by atoms with Crippen LogP contribution in [0.4, 0.5) is 0 Å². The summed E-state index contributed by atoms with van der Waals surface area (Å²) >= 11 is 0. The van der Waals surface area contributed by atoms with E-state index < -0.39 is 12.2 Å². The SMILES string of the molecule is C=CCOCC(CO)OC(CO)CO. The van der Waals surface area contributed by atoms with Gasteiger partial charge in [-0.1, -0.05) is 6.08 Å². The van der Waals surface area contributed by atoms with Crippen LogP contribution in [0.2, 0.25) is 0 Å². The van der Waals surface area contributed by atoms with Crippen molar-refractivity contribution in [2.75, 3.05) is 33.0 Å². The first-order valence-corrected chi connectivity index (χ1v) is 4.45. The van der Waals surface area contributed by atoms with E-state index in [9.17, 15) is 0 Å². The Morgan fingerprint density at radius 2 is 1.64 bits per heavy atom. The molecule has 0 rings (SSSR count). The largest absolute Gasteiger partial charge is 0.394 e. The molecule has 0 aliphatic rings. The quantitative estimate of drug-likeness (QED) is 0.330. The summed E-state index contributed by atoms with van der Waals surface area (Å²) in [6, 6.07) is 0. The third-order valence-electron chi connectivity index (χ3n) is 1.54. The van der Waals surface area contributed by atoms with Gasteiger partial charge < -0.3 is 24.8 Å². The molecule has 84 valence electrons. The molecule has 0 bridgehead atoms. The minimum absolute atomic E-state index is 0.207. The lowest BCUT2D eigenvalue weighted by Crippen LogP contribution is -2.33. The Hall–Kier alpha value is -0.460. The summed E-state index contributed by atoms with van der Waals surface area (Å²) in [4.78, 5) is 0. The van der Waals surface area contributed by atoms with Crippen molar-refractivity contribution in [3.05, 3.63) is 12.7 Å². The molecule has 0 aliphatic heterocycles. The maximum absolute atomic E-state index is 8.87. The van der Waals surface area contributed by atoms with Gasteiger partial charge in [0.1, 0.15) is 12.2 Å². The van der Waals surface area contributed by atoms with E-state index in [1.165, 1.54) is 0 Å². The highest BCUT2D eigenvalue weighted by atomic mass is 16.6. The monoisotopic (exact) mass is 206 g/mol. The standard InChI is InChI=1S/C9H18O5/c1-2-3-13-7-9(6-12)14-8(4-10)5-11/h2,8-12H,1,3-7H2. The second kappa shape index (κ2) is 9.11. The van der Waals surface area contributed by atoms with Crippen LogP contribution in [0.15, 0.2) is 12.7 Å². The fourth-order valence-electron chi connectivity index (χ4n) is 0.834. The van der Waals surface area contributed by atoms with Crippen LogP contribution in [0.3, 0.4) is 0 Å². The topological polar surface area (TPSA) is 79.2 Å². The zero-order valence-electron chi connectivity index (χ0n) is 8.13. The molecule has 0 aliphatic carbocycles. The van der Waals surface area contributed by atoms with E-state index in [4.69, 9.17) is 24.8 Å². The Bertz CT molecular complexity index is 135. The molecule has 0 spiro atoms. The van der Waals surface area contributed by atoms with E-state index in [1.807, 2.05) is 0 Å². The van der Waals surface area contributed by atoms with Gasteiger partial charge in [0.05, 0.1) is 33.0 Å². The highest BCUT2D eigenvalue weighted by molar-refractivity contribution is 4.66. The molecule has 0 aromatic rings. The van der Waals surface area contributed by atoms with Crippen LogP contribution >= 0.6 is 0 Å². The average molecular weight is 206 g/mol. The fourth-order valence-corrected chi connectivity index (χ4v) is 0.834. The minimum Gasteiger partial charge on any atom is -0.394 e. The van der Waals surface area contributed by atoms with Gasteiger partial charge in [-0.2, -0.15) is 0 Å². The van der Waals surface area contributed by atoms with Crippen LogP contribution in [0, 0.1) is 0 Å². The van der Waals surface area contributed by atoms with Crippen molar-refractivity contribution in [1.29, 1.82) is 0 Å². The molecule has 5 nitrogen and oxygen atoms in total. The van der Waals surface area contributed by atoms with Crippen LogP contribution in [-0.4, -0.2) is 60.6 Å². The van der Waals surface area contributed by atoms with Crippen LogP contribution < -0.4 is 0 Å². The minimum atomic E-state index is -0.667. The van der Waals surface area contributed by atoms with E-state index in [1.54, 1.807) is 6.08 Å². The smallest absolute Gasteiger partial charge is 0.104 e. The van der Waals surface area contributed by atoms with E-state index in [0.717, 1.165) is 0 Å². The predicted octanol–water partition coefficient (Wildman–Crippen LogP) is -1.08. The first kappa shape index (κ1) is 13.5. The Morgan fingerprint density at radius 3 is 2.07 bits per heavy atom. The second-order valence-electron chi connectivity index (χ2n) is 2.75. The summed E-state index contributed by atoms with van der Waals surface area (Å²) in [7, 11) is 0. The molecule has 3 N–H and O–H groups in total. The Kier molecular flexibility index (Phi) is 8.81. The maximum Gasteiger partial charge on any atom is 0.104 e. The molecule has 0 saturated heterocycles. The summed E-state index contributed by atoms with van der Waals surface area (Å²) in [6.07, 6.45) is 0.392. The van der Waals surface area contributed by atoms with Gasteiger partial charge in [-0.05, 0) is 0 Å². The van der Waals surface area contributed by atoms with Crippen LogP contribution in [0.1, 0.15) is 0 Å². The van der Waals surface area contributed by atoms with Gasteiger partial charge in [-0.3, -0.25) is 0 Å². The van der Waals surface area contributed by atoms with Crippen LogP contribution in [0.5, 0.6) is 0 Å². The van der Waals surface area contributed by atoms with Crippen molar-refractivity contribution < 1.29 is 24.8 Å². The summed E-state index contributed by atoms with van der Waals surface area (Å²) in [5, 5.41) is 26.3. The first-order valence-electron chi connectivity index (χ1n) is 4.45. The van der Waals surface area contributed by atoms with Crippen molar-refractivity contribution >= 4 is 0 Å². The molecule has 0 radical (unpaired) electrons. The zero-order chi connectivity index (χ0) is 10.8. The lowest BCUT2D eigenvalue weighted by Gasteiger charge is -2.20. The number of hydrogen-bond donors (Lipinski definition) is 3. The maximum atomic E-state index is 8.87. The van der Waals surface area contributed by atoms with Crippen molar-refractivity contribution in [2.45, 2.75) is 12.2 Å². The molecule has 0 heterocycles. The number of ether oxygens (including phenoxy) is 2. The van der Waals surface area contributed by atoms with E-state index in [2.05, 4.69) is 6.58 Å². The van der Waals surface area contributed by atoms with Gasteiger partial charge in [0.2, 0.25) is 0 Å². The van der Waals surface area contributed by atoms with Gasteiger partial charge in [0.15, 0.2) is 0 Å². The van der Waals surface area contributed by atoms with Gasteiger partial charge >= 0.3 is 0 Å². The highest BCUT2D eigenvalue weighted by Gasteiger charge is 2.14. The van der Waals surface area contributed by atoms with Gasteiger partial charge in [-0.25, -0.2) is 0 Å². The zero-order valence-corrected chi connectivity index (χ0v) is 8.13. The number of rotatable bonds is 9. The Balaban J connectivity index is 3.70. The van der Waals surface area contributed by atoms with Crippen molar-refractivity contribution in [3.63, 3.8) is 0 Å². The fraction of sp³-hybridized carbons (Fsp3) is 0.778. The molecule has 0 saturated carbocycles. The summed E-state index contributed by atoms with van der Waals surface area (Å²) in [5.74, 6) is 0. The normalized spacial score (nSPS) is 13.1. The average Bonchev–Trinajstić information content (AvgIpc) is 2.23. The van der Waals surface area contributed by atoms with Crippen LogP contribution in [0.25, 0.3) is 0 Å². The molecule has 5 heteroatoms. The van der Waals surface area contributed by atoms with Gasteiger partial charge in [0.25, 0.3) is 0 Å². The molecule has 0 aromatic heterocycles. The number of aliphatic hydroxyl groups is 3. The summed E-state index contributed by atoms with van der Waals surface area (Å²) in [6.45, 7) is 3.27. The Morgan fingerprint density at radius 1 is 1.07 bits per heavy atom. The van der Waals surface area contributed by atoms with E-state index in [-0.39, 0.29) is 26.4 Å². The molecule has 1 atom stereocenters. The number of aliphatic hydroxyl groups excluding tert-OH is 3. The third-order valence-corrected chi connectivity index (χ3v) is 1.54. The molecule has 14 heavy (non-hydrogen) atoms. The van der Waals surface area contributed by atoms with Crippen molar-refractivity contribution in [2.24, 2.45) is 0 Å². The third kappa shape index (κ3) is 6.06. The lowest BCUT2D eigenvalue weighted by atomic mass is 10.3. The number of hydrogen-bond acceptors (Lipinski definition) is 5. The molecule has 1 unspecified atom stereocenters. The molecule has 0 fully saturated rings.